The Labute approximate surface area is 119 Å². The molecule has 1 aromatic rings. The number of amides is 1. The number of likely N-dealkylation sites (tertiary alicyclic amines) is 1. The van der Waals surface area contributed by atoms with Crippen molar-refractivity contribution in [2.75, 3.05) is 27.2 Å². The molecular weight excluding hydrogens is 255 g/mol. The van der Waals surface area contributed by atoms with Crippen molar-refractivity contribution in [3.05, 3.63) is 41.7 Å². The number of benzene rings is 1. The van der Waals surface area contributed by atoms with E-state index in [4.69, 9.17) is 0 Å². The van der Waals surface area contributed by atoms with Gasteiger partial charge >= 0.3 is 0 Å². The number of piperidine rings is 1. The summed E-state index contributed by atoms with van der Waals surface area (Å²) in [5.74, 6) is -0.313. The summed E-state index contributed by atoms with van der Waals surface area (Å²) in [6.45, 7) is 2.05. The second-order valence-corrected chi connectivity index (χ2v) is 5.37. The van der Waals surface area contributed by atoms with Gasteiger partial charge in [0.15, 0.2) is 0 Å². The van der Waals surface area contributed by atoms with E-state index in [0.29, 0.717) is 11.6 Å². The van der Waals surface area contributed by atoms with Gasteiger partial charge < -0.3 is 9.80 Å². The molecule has 0 bridgehead atoms. The molecule has 20 heavy (non-hydrogen) atoms. The Morgan fingerprint density at radius 1 is 1.40 bits per heavy atom. The van der Waals surface area contributed by atoms with E-state index >= 15 is 0 Å². The summed E-state index contributed by atoms with van der Waals surface area (Å²) >= 11 is 0. The number of carbonyl (C=O) groups is 1. The van der Waals surface area contributed by atoms with Crippen LogP contribution in [0.25, 0.3) is 6.08 Å². The standard InChI is InChI=1S/C16H21FN2O/c1-18-10-8-15(9-11-18)19(2)16(20)7-6-13-4-3-5-14(17)12-13/h3-7,12,15H,8-11H2,1-2H3/b7-6+. The van der Waals surface area contributed by atoms with E-state index in [1.165, 1.54) is 18.2 Å². The highest BCUT2D eigenvalue weighted by atomic mass is 19.1. The molecule has 0 aliphatic carbocycles. The monoisotopic (exact) mass is 276 g/mol. The number of halogens is 1. The Hall–Kier alpha value is -1.68. The summed E-state index contributed by atoms with van der Waals surface area (Å²) in [6.07, 6.45) is 5.20. The highest BCUT2D eigenvalue weighted by Gasteiger charge is 2.22. The van der Waals surface area contributed by atoms with Crippen molar-refractivity contribution in [2.45, 2.75) is 18.9 Å². The predicted molar refractivity (Wildman–Crippen MR) is 78.7 cm³/mol. The van der Waals surface area contributed by atoms with Gasteiger partial charge in [0.25, 0.3) is 0 Å². The Kier molecular flexibility index (Phi) is 4.90. The van der Waals surface area contributed by atoms with Crippen molar-refractivity contribution >= 4 is 12.0 Å². The number of nitrogens with zero attached hydrogens (tertiary/aromatic N) is 2. The van der Waals surface area contributed by atoms with Crippen LogP contribution in [0.5, 0.6) is 0 Å². The third-order valence-electron chi connectivity index (χ3n) is 3.85. The second-order valence-electron chi connectivity index (χ2n) is 5.37. The first kappa shape index (κ1) is 14.7. The number of hydrogen-bond acceptors (Lipinski definition) is 2. The topological polar surface area (TPSA) is 23.6 Å². The molecule has 0 saturated carbocycles. The molecule has 1 amide bonds. The van der Waals surface area contributed by atoms with Crippen LogP contribution in [0.4, 0.5) is 4.39 Å². The quantitative estimate of drug-likeness (QED) is 0.791. The number of rotatable bonds is 3. The van der Waals surface area contributed by atoms with Crippen molar-refractivity contribution < 1.29 is 9.18 Å². The van der Waals surface area contributed by atoms with Crippen LogP contribution < -0.4 is 0 Å². The van der Waals surface area contributed by atoms with Gasteiger partial charge in [0, 0.05) is 19.2 Å². The average Bonchev–Trinajstić information content (AvgIpc) is 2.45. The molecule has 1 heterocycles. The fourth-order valence-corrected chi connectivity index (χ4v) is 2.46. The minimum Gasteiger partial charge on any atom is -0.339 e. The lowest BCUT2D eigenvalue weighted by atomic mass is 10.0. The van der Waals surface area contributed by atoms with E-state index < -0.39 is 0 Å². The summed E-state index contributed by atoms with van der Waals surface area (Å²) in [6, 6.07) is 6.53. The summed E-state index contributed by atoms with van der Waals surface area (Å²) < 4.78 is 13.0. The molecule has 108 valence electrons. The molecule has 0 N–H and O–H groups in total. The smallest absolute Gasteiger partial charge is 0.246 e. The van der Waals surface area contributed by atoms with Gasteiger partial charge in [-0.25, -0.2) is 4.39 Å². The van der Waals surface area contributed by atoms with Crippen LogP contribution >= 0.6 is 0 Å². The van der Waals surface area contributed by atoms with Gasteiger partial charge in [-0.15, -0.1) is 0 Å². The zero-order valence-corrected chi connectivity index (χ0v) is 12.1. The molecule has 1 saturated heterocycles. The summed E-state index contributed by atoms with van der Waals surface area (Å²) in [7, 11) is 3.94. The van der Waals surface area contributed by atoms with Gasteiger partial charge in [-0.05, 0) is 56.8 Å². The highest BCUT2D eigenvalue weighted by molar-refractivity contribution is 5.91. The normalized spacial score (nSPS) is 17.6. The number of likely N-dealkylation sites (N-methyl/N-ethyl adjacent to an activating group) is 1. The van der Waals surface area contributed by atoms with Crippen molar-refractivity contribution in [3.8, 4) is 0 Å². The van der Waals surface area contributed by atoms with Gasteiger partial charge in [-0.3, -0.25) is 4.79 Å². The molecule has 1 aliphatic heterocycles. The maximum atomic E-state index is 13.0. The SMILES string of the molecule is CN1CCC(N(C)C(=O)/C=C/c2cccc(F)c2)CC1. The zero-order valence-electron chi connectivity index (χ0n) is 12.1. The minimum absolute atomic E-state index is 0.0242. The molecule has 0 spiro atoms. The Bertz CT molecular complexity index is 493. The van der Waals surface area contributed by atoms with Crippen molar-refractivity contribution in [3.63, 3.8) is 0 Å². The van der Waals surface area contributed by atoms with E-state index in [0.717, 1.165) is 25.9 Å². The third kappa shape index (κ3) is 3.90. The van der Waals surface area contributed by atoms with Crippen molar-refractivity contribution in [1.82, 2.24) is 9.80 Å². The maximum absolute atomic E-state index is 13.0. The Morgan fingerprint density at radius 2 is 2.10 bits per heavy atom. The molecule has 1 fully saturated rings. The lowest BCUT2D eigenvalue weighted by Gasteiger charge is -2.34. The first-order valence-electron chi connectivity index (χ1n) is 6.95. The fourth-order valence-electron chi connectivity index (χ4n) is 2.46. The minimum atomic E-state index is -0.289. The lowest BCUT2D eigenvalue weighted by Crippen LogP contribution is -2.43. The number of hydrogen-bond donors (Lipinski definition) is 0. The van der Waals surface area contributed by atoms with Crippen LogP contribution in [0, 0.1) is 5.82 Å². The number of carbonyl (C=O) groups excluding carboxylic acids is 1. The molecule has 0 atom stereocenters. The van der Waals surface area contributed by atoms with Crippen LogP contribution in [-0.4, -0.2) is 48.9 Å². The largest absolute Gasteiger partial charge is 0.339 e. The fraction of sp³-hybridized carbons (Fsp3) is 0.438. The van der Waals surface area contributed by atoms with E-state index in [-0.39, 0.29) is 11.7 Å². The molecule has 1 aromatic carbocycles. The first-order chi connectivity index (χ1) is 9.56. The molecule has 4 heteroatoms. The van der Waals surface area contributed by atoms with Gasteiger partial charge in [0.05, 0.1) is 0 Å². The van der Waals surface area contributed by atoms with Gasteiger partial charge in [-0.1, -0.05) is 12.1 Å². The lowest BCUT2D eigenvalue weighted by molar-refractivity contribution is -0.127. The molecule has 0 radical (unpaired) electrons. The average molecular weight is 276 g/mol. The van der Waals surface area contributed by atoms with E-state index in [1.54, 1.807) is 23.1 Å². The predicted octanol–water partition coefficient (Wildman–Crippen LogP) is 2.39. The summed E-state index contributed by atoms with van der Waals surface area (Å²) in [5.41, 5.74) is 0.704. The third-order valence-corrected chi connectivity index (χ3v) is 3.85. The molecule has 0 unspecified atom stereocenters. The first-order valence-corrected chi connectivity index (χ1v) is 6.95. The molecule has 2 rings (SSSR count). The van der Waals surface area contributed by atoms with E-state index in [2.05, 4.69) is 11.9 Å². The Morgan fingerprint density at radius 3 is 2.75 bits per heavy atom. The molecule has 0 aromatic heterocycles. The van der Waals surface area contributed by atoms with Crippen molar-refractivity contribution in [2.24, 2.45) is 0 Å². The van der Waals surface area contributed by atoms with Gasteiger partial charge in [-0.2, -0.15) is 0 Å². The van der Waals surface area contributed by atoms with Crippen LogP contribution in [0.15, 0.2) is 30.3 Å². The van der Waals surface area contributed by atoms with Gasteiger partial charge in [0.1, 0.15) is 5.82 Å². The Balaban J connectivity index is 1.94. The van der Waals surface area contributed by atoms with E-state index in [1.807, 2.05) is 7.05 Å². The zero-order chi connectivity index (χ0) is 14.5. The van der Waals surface area contributed by atoms with Gasteiger partial charge in [0.2, 0.25) is 5.91 Å². The van der Waals surface area contributed by atoms with Crippen molar-refractivity contribution in [1.29, 1.82) is 0 Å². The summed E-state index contributed by atoms with van der Waals surface area (Å²) in [5, 5.41) is 0. The molecule has 1 aliphatic rings. The van der Waals surface area contributed by atoms with Crippen LogP contribution in [0.2, 0.25) is 0 Å². The highest BCUT2D eigenvalue weighted by Crippen LogP contribution is 2.15. The summed E-state index contributed by atoms with van der Waals surface area (Å²) in [4.78, 5) is 16.2. The van der Waals surface area contributed by atoms with Crippen LogP contribution in [0.1, 0.15) is 18.4 Å². The van der Waals surface area contributed by atoms with Crippen LogP contribution in [-0.2, 0) is 4.79 Å². The van der Waals surface area contributed by atoms with Crippen LogP contribution in [0.3, 0.4) is 0 Å². The molecule has 3 nitrogen and oxygen atoms in total. The van der Waals surface area contributed by atoms with E-state index in [9.17, 15) is 9.18 Å². The maximum Gasteiger partial charge on any atom is 0.246 e. The molecular formula is C16H21FN2O. The second kappa shape index (κ2) is 6.66.